The van der Waals surface area contributed by atoms with Gasteiger partial charge in [-0.05, 0) is 26.7 Å². The molecule has 0 bridgehead atoms. The maximum absolute atomic E-state index is 12.2. The molecule has 0 radical (unpaired) electrons. The molecule has 18 heavy (non-hydrogen) atoms. The minimum atomic E-state index is -3.45. The molecule has 0 saturated carbocycles. The lowest BCUT2D eigenvalue weighted by molar-refractivity contribution is -0.125. The summed E-state index contributed by atoms with van der Waals surface area (Å²) in [5.41, 5.74) is -0.405. The van der Waals surface area contributed by atoms with Gasteiger partial charge in [0.05, 0.1) is 5.54 Å². The molecule has 1 aliphatic rings. The van der Waals surface area contributed by atoms with Gasteiger partial charge in [0.2, 0.25) is 5.91 Å². The molecule has 0 aromatic carbocycles. The molecule has 1 N–H and O–H groups in total. The number of carbonyl (C=O) groups excluding carboxylic acids is 1. The minimum absolute atomic E-state index is 0.405. The second kappa shape index (κ2) is 5.46. The Morgan fingerprint density at radius 3 is 2.28 bits per heavy atom. The third-order valence-electron chi connectivity index (χ3n) is 3.56. The molecule has 1 saturated heterocycles. The fraction of sp³-hybridized carbons (Fsp3) is 0.909. The number of ether oxygens (including phenoxy) is 1. The largest absolute Gasteiger partial charge is 0.381 e. The van der Waals surface area contributed by atoms with E-state index in [4.69, 9.17) is 4.74 Å². The molecule has 0 aliphatic carbocycles. The molecule has 1 fully saturated rings. The number of nitrogens with one attached hydrogen (secondary N) is 1. The number of rotatable bonds is 4. The first-order valence-electron chi connectivity index (χ1n) is 5.81. The summed E-state index contributed by atoms with van der Waals surface area (Å²) >= 11 is 3.39. The molecular formula is C11H20BrNO4S. The second-order valence-corrected chi connectivity index (χ2v) is 8.39. The topological polar surface area (TPSA) is 72.5 Å². The fourth-order valence-electron chi connectivity index (χ4n) is 1.61. The van der Waals surface area contributed by atoms with Gasteiger partial charge in [-0.1, -0.05) is 15.9 Å². The number of hydrogen-bond acceptors (Lipinski definition) is 4. The minimum Gasteiger partial charge on any atom is -0.381 e. The van der Waals surface area contributed by atoms with Crippen molar-refractivity contribution in [2.45, 2.75) is 37.0 Å². The van der Waals surface area contributed by atoms with Crippen LogP contribution in [0.2, 0.25) is 0 Å². The third kappa shape index (κ3) is 3.24. The molecule has 1 amide bonds. The normalized spacial score (nSPS) is 20.4. The second-order valence-electron chi connectivity index (χ2n) is 5.26. The summed E-state index contributed by atoms with van der Waals surface area (Å²) in [6.45, 7) is 4.01. The monoisotopic (exact) mass is 341 g/mol. The molecule has 1 rings (SSSR count). The maximum atomic E-state index is 12.2. The van der Waals surface area contributed by atoms with E-state index < -0.39 is 26.0 Å². The average molecular weight is 342 g/mol. The van der Waals surface area contributed by atoms with Crippen molar-refractivity contribution in [3.8, 4) is 0 Å². The number of carbonyl (C=O) groups is 1. The molecule has 0 spiro atoms. The van der Waals surface area contributed by atoms with E-state index in [1.807, 2.05) is 0 Å². The van der Waals surface area contributed by atoms with Gasteiger partial charge in [0.1, 0.15) is 4.75 Å². The van der Waals surface area contributed by atoms with Crippen LogP contribution in [-0.4, -0.2) is 49.4 Å². The number of amides is 1. The Kier molecular flexibility index (Phi) is 4.83. The smallest absolute Gasteiger partial charge is 0.241 e. The predicted molar refractivity (Wildman–Crippen MR) is 73.6 cm³/mol. The van der Waals surface area contributed by atoms with Gasteiger partial charge in [-0.15, -0.1) is 0 Å². The Bertz CT molecular complexity index is 413. The van der Waals surface area contributed by atoms with Crippen molar-refractivity contribution in [2.24, 2.45) is 0 Å². The van der Waals surface area contributed by atoms with E-state index in [-0.39, 0.29) is 0 Å². The molecule has 5 nitrogen and oxygen atoms in total. The summed E-state index contributed by atoms with van der Waals surface area (Å²) in [6, 6.07) is 0. The van der Waals surface area contributed by atoms with E-state index in [9.17, 15) is 13.2 Å². The van der Waals surface area contributed by atoms with Crippen LogP contribution in [0.5, 0.6) is 0 Å². The lowest BCUT2D eigenvalue weighted by Gasteiger charge is -2.38. The van der Waals surface area contributed by atoms with Crippen molar-refractivity contribution in [3.05, 3.63) is 0 Å². The molecular weight excluding hydrogens is 322 g/mol. The standard InChI is InChI=1S/C11H20BrNO4S/c1-10(2,18(3,15)16)9(14)13-11(8-12)4-6-17-7-5-11/h4-8H2,1-3H3,(H,13,14). The van der Waals surface area contributed by atoms with E-state index >= 15 is 0 Å². The highest BCUT2D eigenvalue weighted by atomic mass is 79.9. The molecule has 0 aromatic rings. The van der Waals surface area contributed by atoms with Crippen molar-refractivity contribution < 1.29 is 17.9 Å². The van der Waals surface area contributed by atoms with Crippen molar-refractivity contribution in [2.75, 3.05) is 24.8 Å². The van der Waals surface area contributed by atoms with Gasteiger partial charge in [-0.3, -0.25) is 4.79 Å². The molecule has 0 aromatic heterocycles. The van der Waals surface area contributed by atoms with E-state index in [0.29, 0.717) is 31.4 Å². The Hall–Kier alpha value is -0.140. The molecule has 7 heteroatoms. The first kappa shape index (κ1) is 15.9. The van der Waals surface area contributed by atoms with Crippen LogP contribution in [0.15, 0.2) is 0 Å². The van der Waals surface area contributed by atoms with Crippen molar-refractivity contribution in [1.82, 2.24) is 5.32 Å². The van der Waals surface area contributed by atoms with Crippen LogP contribution in [-0.2, 0) is 19.4 Å². The van der Waals surface area contributed by atoms with Crippen LogP contribution in [0.25, 0.3) is 0 Å². The first-order chi connectivity index (χ1) is 8.15. The molecule has 1 heterocycles. The quantitative estimate of drug-likeness (QED) is 0.770. The maximum Gasteiger partial charge on any atom is 0.241 e. The van der Waals surface area contributed by atoms with Crippen molar-refractivity contribution >= 4 is 31.7 Å². The molecule has 0 unspecified atom stereocenters. The Balaban J connectivity index is 2.86. The summed E-state index contributed by atoms with van der Waals surface area (Å²) in [6.07, 6.45) is 2.45. The SMILES string of the molecule is CC(C)(C(=O)NC1(CBr)CCOCC1)S(C)(=O)=O. The lowest BCUT2D eigenvalue weighted by Crippen LogP contribution is -2.59. The van der Waals surface area contributed by atoms with Gasteiger partial charge in [0, 0.05) is 24.8 Å². The number of alkyl halides is 1. The Morgan fingerprint density at radius 1 is 1.39 bits per heavy atom. The van der Waals surface area contributed by atoms with Crippen LogP contribution in [0.1, 0.15) is 26.7 Å². The summed E-state index contributed by atoms with van der Waals surface area (Å²) < 4.78 is 27.1. The van der Waals surface area contributed by atoms with Crippen molar-refractivity contribution in [1.29, 1.82) is 0 Å². The predicted octanol–water partition coefficient (Wildman–Crippen LogP) is 0.870. The lowest BCUT2D eigenvalue weighted by atomic mass is 9.91. The van der Waals surface area contributed by atoms with Gasteiger partial charge >= 0.3 is 0 Å². The summed E-state index contributed by atoms with van der Waals surface area (Å²) in [5, 5.41) is 3.48. The highest BCUT2D eigenvalue weighted by molar-refractivity contribution is 9.09. The first-order valence-corrected chi connectivity index (χ1v) is 8.82. The van der Waals surface area contributed by atoms with Gasteiger partial charge in [0.15, 0.2) is 9.84 Å². The van der Waals surface area contributed by atoms with Crippen LogP contribution in [0.4, 0.5) is 0 Å². The number of hydrogen-bond donors (Lipinski definition) is 1. The molecule has 1 aliphatic heterocycles. The van der Waals surface area contributed by atoms with E-state index in [2.05, 4.69) is 21.2 Å². The van der Waals surface area contributed by atoms with Gasteiger partial charge < -0.3 is 10.1 Å². The Morgan fingerprint density at radius 2 is 1.89 bits per heavy atom. The zero-order valence-corrected chi connectivity index (χ0v) is 13.4. The van der Waals surface area contributed by atoms with Crippen LogP contribution in [0, 0.1) is 0 Å². The molecule has 0 atom stereocenters. The number of halogens is 1. The highest BCUT2D eigenvalue weighted by Crippen LogP contribution is 2.25. The van der Waals surface area contributed by atoms with Crippen LogP contribution < -0.4 is 5.32 Å². The van der Waals surface area contributed by atoms with Crippen molar-refractivity contribution in [3.63, 3.8) is 0 Å². The van der Waals surface area contributed by atoms with Gasteiger partial charge in [0.25, 0.3) is 0 Å². The average Bonchev–Trinajstić information content (AvgIpc) is 2.28. The zero-order valence-electron chi connectivity index (χ0n) is 11.0. The Labute approximate surface area is 117 Å². The number of sulfone groups is 1. The van der Waals surface area contributed by atoms with Gasteiger partial charge in [-0.25, -0.2) is 8.42 Å². The highest BCUT2D eigenvalue weighted by Gasteiger charge is 2.43. The van der Waals surface area contributed by atoms with Crippen LogP contribution >= 0.6 is 15.9 Å². The van der Waals surface area contributed by atoms with E-state index in [1.54, 1.807) is 0 Å². The fourth-order valence-corrected chi connectivity index (χ4v) is 2.70. The van der Waals surface area contributed by atoms with E-state index in [0.717, 1.165) is 6.26 Å². The zero-order chi connectivity index (χ0) is 14.0. The summed E-state index contributed by atoms with van der Waals surface area (Å²) in [7, 11) is -3.45. The summed E-state index contributed by atoms with van der Waals surface area (Å²) in [5.74, 6) is -0.452. The molecule has 106 valence electrons. The summed E-state index contributed by atoms with van der Waals surface area (Å²) in [4.78, 5) is 12.2. The van der Waals surface area contributed by atoms with Gasteiger partial charge in [-0.2, -0.15) is 0 Å². The third-order valence-corrected chi connectivity index (χ3v) is 6.67. The van der Waals surface area contributed by atoms with E-state index in [1.165, 1.54) is 13.8 Å². The van der Waals surface area contributed by atoms with Crippen LogP contribution in [0.3, 0.4) is 0 Å².